The average Bonchev–Trinajstić information content (AvgIpc) is 2.98. The lowest BCUT2D eigenvalue weighted by atomic mass is 10.1. The van der Waals surface area contributed by atoms with Crippen LogP contribution >= 0.6 is 0 Å². The Morgan fingerprint density at radius 1 is 0.854 bits per heavy atom. The predicted octanol–water partition coefficient (Wildman–Crippen LogP) is 4.81. The highest BCUT2D eigenvalue weighted by molar-refractivity contribution is 5.95. The fraction of sp³-hybridized carbons (Fsp3) is 0.323. The molecule has 1 fully saturated rings. The van der Waals surface area contributed by atoms with E-state index in [9.17, 15) is 18.8 Å². The molecule has 3 aromatic carbocycles. The Bertz CT molecular complexity index is 1320. The number of hydrogen-bond acceptors (Lipinski definition) is 5. The number of piperazine rings is 1. The van der Waals surface area contributed by atoms with Gasteiger partial charge in [-0.15, -0.1) is 0 Å². The molecule has 4 rings (SSSR count). The number of carbonyl (C=O) groups excluding carboxylic acids is 3. The first kappa shape index (κ1) is 29.4. The Kier molecular flexibility index (Phi) is 9.78. The number of hydrogen-bond donors (Lipinski definition) is 2. The molecule has 216 valence electrons. The van der Waals surface area contributed by atoms with Crippen molar-refractivity contribution in [1.82, 2.24) is 9.80 Å². The first-order chi connectivity index (χ1) is 19.7. The van der Waals surface area contributed by atoms with Crippen LogP contribution in [0.2, 0.25) is 0 Å². The van der Waals surface area contributed by atoms with Gasteiger partial charge in [-0.3, -0.25) is 9.59 Å². The number of amides is 4. The summed E-state index contributed by atoms with van der Waals surface area (Å²) in [4.78, 5) is 43.7. The second-order valence-electron chi connectivity index (χ2n) is 10.2. The lowest BCUT2D eigenvalue weighted by Gasteiger charge is -2.36. The number of urea groups is 1. The molecule has 9 nitrogen and oxygen atoms in total. The molecule has 41 heavy (non-hydrogen) atoms. The molecule has 0 saturated carbocycles. The number of benzene rings is 3. The molecule has 1 saturated heterocycles. The molecule has 0 aromatic heterocycles. The van der Waals surface area contributed by atoms with Crippen LogP contribution in [0.4, 0.5) is 26.2 Å². The van der Waals surface area contributed by atoms with Crippen molar-refractivity contribution in [2.75, 3.05) is 55.4 Å². The third kappa shape index (κ3) is 8.20. The van der Waals surface area contributed by atoms with E-state index in [1.165, 1.54) is 17.0 Å². The zero-order valence-electron chi connectivity index (χ0n) is 23.6. The first-order valence-electron chi connectivity index (χ1n) is 13.6. The van der Waals surface area contributed by atoms with Crippen molar-refractivity contribution in [3.05, 3.63) is 84.2 Å². The number of halogens is 1. The van der Waals surface area contributed by atoms with E-state index in [1.807, 2.05) is 24.3 Å². The minimum absolute atomic E-state index is 0.114. The van der Waals surface area contributed by atoms with Gasteiger partial charge in [0.05, 0.1) is 7.11 Å². The Morgan fingerprint density at radius 3 is 2.02 bits per heavy atom. The standard InChI is InChI=1S/C31H36FN5O4/c1-22(2)30(39)37(20-23-4-6-24(32)7-5-23)21-29(38)33-25-8-12-27(13-9-25)35-16-18-36(19-17-35)31(40)34-26-10-14-28(41-3)15-11-26/h4-15,22H,16-21H2,1-3H3,(H,33,38)(H,34,40). The summed E-state index contributed by atoms with van der Waals surface area (Å²) in [5, 5.41) is 5.78. The molecule has 0 spiro atoms. The number of nitrogens with one attached hydrogen (secondary N) is 2. The van der Waals surface area contributed by atoms with Crippen LogP contribution < -0.4 is 20.3 Å². The summed E-state index contributed by atoms with van der Waals surface area (Å²) < 4.78 is 18.4. The van der Waals surface area contributed by atoms with Gasteiger partial charge in [0.25, 0.3) is 0 Å². The lowest BCUT2D eigenvalue weighted by molar-refractivity contribution is -0.138. The van der Waals surface area contributed by atoms with Gasteiger partial charge in [-0.05, 0) is 66.2 Å². The number of methoxy groups -OCH3 is 1. The topological polar surface area (TPSA) is 94.2 Å². The Balaban J connectivity index is 1.27. The van der Waals surface area contributed by atoms with E-state index < -0.39 is 0 Å². The minimum atomic E-state index is -0.353. The van der Waals surface area contributed by atoms with Gasteiger partial charge < -0.3 is 30.1 Å². The van der Waals surface area contributed by atoms with E-state index in [4.69, 9.17) is 4.74 Å². The van der Waals surface area contributed by atoms with Crippen LogP contribution in [0.1, 0.15) is 19.4 Å². The van der Waals surface area contributed by atoms with Gasteiger partial charge in [-0.25, -0.2) is 9.18 Å². The molecule has 1 aliphatic heterocycles. The van der Waals surface area contributed by atoms with E-state index in [2.05, 4.69) is 15.5 Å². The molecule has 2 N–H and O–H groups in total. The third-order valence-corrected chi connectivity index (χ3v) is 6.85. The quantitative estimate of drug-likeness (QED) is 0.391. The van der Waals surface area contributed by atoms with Crippen LogP contribution in [0.25, 0.3) is 0 Å². The van der Waals surface area contributed by atoms with Crippen molar-refractivity contribution < 1.29 is 23.5 Å². The van der Waals surface area contributed by atoms with E-state index in [-0.39, 0.29) is 42.7 Å². The maximum absolute atomic E-state index is 13.3. The van der Waals surface area contributed by atoms with Gasteiger partial charge in [0.15, 0.2) is 0 Å². The molecular formula is C31H36FN5O4. The molecular weight excluding hydrogens is 525 g/mol. The van der Waals surface area contributed by atoms with E-state index >= 15 is 0 Å². The summed E-state index contributed by atoms with van der Waals surface area (Å²) >= 11 is 0. The van der Waals surface area contributed by atoms with Crippen molar-refractivity contribution in [2.45, 2.75) is 20.4 Å². The molecule has 0 aliphatic carbocycles. The monoisotopic (exact) mass is 561 g/mol. The van der Waals surface area contributed by atoms with Gasteiger partial charge in [0.2, 0.25) is 11.8 Å². The van der Waals surface area contributed by atoms with Crippen LogP contribution in [0, 0.1) is 11.7 Å². The molecule has 0 unspecified atom stereocenters. The highest BCUT2D eigenvalue weighted by atomic mass is 19.1. The Hall–Kier alpha value is -4.60. The number of ether oxygens (including phenoxy) is 1. The second-order valence-corrected chi connectivity index (χ2v) is 10.2. The Labute approximate surface area is 239 Å². The van der Waals surface area contributed by atoms with Crippen molar-refractivity contribution in [1.29, 1.82) is 0 Å². The summed E-state index contributed by atoms with van der Waals surface area (Å²) in [6, 6.07) is 20.5. The maximum atomic E-state index is 13.3. The fourth-order valence-corrected chi connectivity index (χ4v) is 4.56. The smallest absolute Gasteiger partial charge is 0.321 e. The van der Waals surface area contributed by atoms with Crippen molar-refractivity contribution in [3.8, 4) is 5.75 Å². The summed E-state index contributed by atoms with van der Waals surface area (Å²) in [6.07, 6.45) is 0. The van der Waals surface area contributed by atoms with Gasteiger partial charge in [0, 0.05) is 55.7 Å². The molecule has 10 heteroatoms. The highest BCUT2D eigenvalue weighted by Crippen LogP contribution is 2.21. The summed E-state index contributed by atoms with van der Waals surface area (Å²) in [6.45, 7) is 6.18. The normalized spacial score (nSPS) is 13.1. The lowest BCUT2D eigenvalue weighted by Crippen LogP contribution is -2.50. The average molecular weight is 562 g/mol. The molecule has 0 bridgehead atoms. The molecule has 0 atom stereocenters. The molecule has 0 radical (unpaired) electrons. The number of rotatable bonds is 9. The molecule has 1 aliphatic rings. The third-order valence-electron chi connectivity index (χ3n) is 6.85. The van der Waals surface area contributed by atoms with E-state index in [0.29, 0.717) is 37.6 Å². The van der Waals surface area contributed by atoms with Crippen molar-refractivity contribution >= 4 is 34.9 Å². The van der Waals surface area contributed by atoms with E-state index in [1.54, 1.807) is 62.3 Å². The van der Waals surface area contributed by atoms with Crippen LogP contribution in [-0.2, 0) is 16.1 Å². The Morgan fingerprint density at radius 2 is 1.44 bits per heavy atom. The van der Waals surface area contributed by atoms with Crippen LogP contribution in [0.15, 0.2) is 72.8 Å². The molecule has 3 aromatic rings. The summed E-state index contributed by atoms with van der Waals surface area (Å²) in [7, 11) is 1.60. The first-order valence-corrected chi connectivity index (χ1v) is 13.6. The van der Waals surface area contributed by atoms with Crippen molar-refractivity contribution in [2.24, 2.45) is 5.92 Å². The highest BCUT2D eigenvalue weighted by Gasteiger charge is 2.23. The second kappa shape index (κ2) is 13.6. The molecule has 1 heterocycles. The van der Waals surface area contributed by atoms with Crippen molar-refractivity contribution in [3.63, 3.8) is 0 Å². The summed E-state index contributed by atoms with van der Waals surface area (Å²) in [5.41, 5.74) is 3.07. The number of nitrogens with zero attached hydrogens (tertiary/aromatic N) is 3. The van der Waals surface area contributed by atoms with Gasteiger partial charge >= 0.3 is 6.03 Å². The zero-order valence-corrected chi connectivity index (χ0v) is 23.6. The maximum Gasteiger partial charge on any atom is 0.321 e. The SMILES string of the molecule is COc1ccc(NC(=O)N2CCN(c3ccc(NC(=O)CN(Cc4ccc(F)cc4)C(=O)C(C)C)cc3)CC2)cc1. The van der Waals surface area contributed by atoms with Gasteiger partial charge in [0.1, 0.15) is 18.1 Å². The van der Waals surface area contributed by atoms with Crippen LogP contribution in [0.3, 0.4) is 0 Å². The van der Waals surface area contributed by atoms with Gasteiger partial charge in [-0.1, -0.05) is 26.0 Å². The number of anilines is 3. The fourth-order valence-electron chi connectivity index (χ4n) is 4.56. The minimum Gasteiger partial charge on any atom is -0.497 e. The van der Waals surface area contributed by atoms with Crippen LogP contribution in [0.5, 0.6) is 5.75 Å². The van der Waals surface area contributed by atoms with E-state index in [0.717, 1.165) is 17.0 Å². The summed E-state index contributed by atoms with van der Waals surface area (Å²) in [5.74, 6) is -0.375. The van der Waals surface area contributed by atoms with Gasteiger partial charge in [-0.2, -0.15) is 0 Å². The molecule has 4 amide bonds. The van der Waals surface area contributed by atoms with Crippen LogP contribution in [-0.4, -0.2) is 67.5 Å². The predicted molar refractivity (Wildman–Crippen MR) is 158 cm³/mol. The largest absolute Gasteiger partial charge is 0.497 e. The zero-order chi connectivity index (χ0) is 29.4. The number of carbonyl (C=O) groups is 3.